The molecule has 1 aromatic carbocycles. The molecule has 0 aliphatic carbocycles. The summed E-state index contributed by atoms with van der Waals surface area (Å²) in [4.78, 5) is 17.7. The fraction of sp³-hybridized carbons (Fsp3) is 0.235. The van der Waals surface area contributed by atoms with Crippen LogP contribution in [0.4, 0.5) is 5.82 Å². The fourth-order valence-electron chi connectivity index (χ4n) is 2.58. The summed E-state index contributed by atoms with van der Waals surface area (Å²) >= 11 is 0. The first-order chi connectivity index (χ1) is 10.8. The summed E-state index contributed by atoms with van der Waals surface area (Å²) in [7, 11) is 0. The molecule has 3 rings (SSSR count). The zero-order chi connectivity index (χ0) is 15.4. The summed E-state index contributed by atoms with van der Waals surface area (Å²) in [5.41, 5.74) is 2.01. The highest BCUT2D eigenvalue weighted by atomic mass is 16.2. The van der Waals surface area contributed by atoms with E-state index >= 15 is 0 Å². The topological polar surface area (TPSA) is 69.0 Å². The van der Waals surface area contributed by atoms with Gasteiger partial charge >= 0.3 is 0 Å². The minimum atomic E-state index is -0.188. The highest BCUT2D eigenvalue weighted by Crippen LogP contribution is 2.22. The smallest absolute Gasteiger partial charge is 0.246 e. The lowest BCUT2D eigenvalue weighted by Crippen LogP contribution is -2.34. The van der Waals surface area contributed by atoms with E-state index in [0.29, 0.717) is 12.4 Å². The number of nitrogens with zero attached hydrogens (tertiary/aromatic N) is 3. The van der Waals surface area contributed by atoms with E-state index < -0.39 is 0 Å². The van der Waals surface area contributed by atoms with Crippen molar-refractivity contribution in [2.24, 2.45) is 5.92 Å². The van der Waals surface area contributed by atoms with Gasteiger partial charge < -0.3 is 5.32 Å². The lowest BCUT2D eigenvalue weighted by atomic mass is 10.1. The summed E-state index contributed by atoms with van der Waals surface area (Å²) in [6.07, 6.45) is 4.40. The van der Waals surface area contributed by atoms with Crippen LogP contribution in [0, 0.1) is 17.4 Å². The summed E-state index contributed by atoms with van der Waals surface area (Å²) in [6.45, 7) is 1.44. The minimum Gasteiger partial charge on any atom is -0.316 e. The second-order valence-corrected chi connectivity index (χ2v) is 5.23. The molecule has 1 aliphatic rings. The summed E-state index contributed by atoms with van der Waals surface area (Å²) in [5.74, 6) is 0.0433. The maximum absolute atomic E-state index is 12.4. The van der Waals surface area contributed by atoms with Crippen molar-refractivity contribution in [3.8, 4) is 17.3 Å². The summed E-state index contributed by atoms with van der Waals surface area (Å²) in [6, 6.07) is 13.5. The molecule has 0 bridgehead atoms. The van der Waals surface area contributed by atoms with Gasteiger partial charge in [0.05, 0.1) is 5.92 Å². The van der Waals surface area contributed by atoms with Crippen molar-refractivity contribution in [2.45, 2.75) is 6.42 Å². The average Bonchev–Trinajstić information content (AvgIpc) is 3.11. The van der Waals surface area contributed by atoms with Crippen molar-refractivity contribution < 1.29 is 4.79 Å². The molecule has 0 unspecified atom stereocenters. The Morgan fingerprint density at radius 2 is 2.05 bits per heavy atom. The Kier molecular flexibility index (Phi) is 4.12. The SMILES string of the molecule is N#CN(C(=O)[C@@H]1CCNC1)c1ccc(-c2ccccc2)cn1. The standard InChI is InChI=1S/C17H16N4O/c18-12-21(17(22)15-8-9-19-10-15)16-7-6-14(11-20-16)13-4-2-1-3-5-13/h1-7,11,15,19H,8-10H2/t15-/m1/s1. The number of rotatable bonds is 3. The minimum absolute atomic E-state index is 0.143. The molecule has 1 aromatic heterocycles. The Morgan fingerprint density at radius 3 is 2.64 bits per heavy atom. The Hall–Kier alpha value is -2.71. The van der Waals surface area contributed by atoms with Crippen molar-refractivity contribution in [3.05, 3.63) is 48.7 Å². The molecule has 2 heterocycles. The van der Waals surface area contributed by atoms with Crippen molar-refractivity contribution in [1.29, 1.82) is 5.26 Å². The molecule has 1 atom stereocenters. The second-order valence-electron chi connectivity index (χ2n) is 5.23. The molecule has 1 N–H and O–H groups in total. The number of hydrogen-bond acceptors (Lipinski definition) is 4. The highest BCUT2D eigenvalue weighted by molar-refractivity contribution is 5.97. The molecule has 1 saturated heterocycles. The van der Waals surface area contributed by atoms with Crippen LogP contribution in [0.25, 0.3) is 11.1 Å². The van der Waals surface area contributed by atoms with Gasteiger partial charge in [-0.3, -0.25) is 4.79 Å². The first kappa shape index (κ1) is 14.2. The van der Waals surface area contributed by atoms with Crippen LogP contribution in [0.1, 0.15) is 6.42 Å². The van der Waals surface area contributed by atoms with E-state index in [1.807, 2.05) is 42.6 Å². The number of hydrogen-bond donors (Lipinski definition) is 1. The molecular formula is C17H16N4O. The molecule has 1 fully saturated rings. The molecular weight excluding hydrogens is 276 g/mol. The van der Waals surface area contributed by atoms with Gasteiger partial charge in [0.15, 0.2) is 6.19 Å². The Labute approximate surface area is 129 Å². The highest BCUT2D eigenvalue weighted by Gasteiger charge is 2.28. The summed E-state index contributed by atoms with van der Waals surface area (Å²) in [5, 5.41) is 12.4. The van der Waals surface area contributed by atoms with Crippen LogP contribution in [-0.4, -0.2) is 24.0 Å². The molecule has 2 aromatic rings. The van der Waals surface area contributed by atoms with Gasteiger partial charge in [0.25, 0.3) is 0 Å². The first-order valence-corrected chi connectivity index (χ1v) is 7.25. The molecule has 5 nitrogen and oxygen atoms in total. The van der Waals surface area contributed by atoms with Crippen LogP contribution >= 0.6 is 0 Å². The van der Waals surface area contributed by atoms with Gasteiger partial charge in [-0.25, -0.2) is 4.98 Å². The van der Waals surface area contributed by atoms with Crippen LogP contribution in [0.3, 0.4) is 0 Å². The molecule has 1 aliphatic heterocycles. The van der Waals surface area contributed by atoms with Gasteiger partial charge in [-0.2, -0.15) is 10.2 Å². The molecule has 22 heavy (non-hydrogen) atoms. The van der Waals surface area contributed by atoms with Gasteiger partial charge in [0, 0.05) is 18.3 Å². The maximum Gasteiger partial charge on any atom is 0.246 e. The molecule has 1 amide bonds. The predicted molar refractivity (Wildman–Crippen MR) is 83.7 cm³/mol. The number of anilines is 1. The largest absolute Gasteiger partial charge is 0.316 e. The van der Waals surface area contributed by atoms with E-state index in [0.717, 1.165) is 29.0 Å². The van der Waals surface area contributed by atoms with Crippen LogP contribution in [-0.2, 0) is 4.79 Å². The monoisotopic (exact) mass is 292 g/mol. The predicted octanol–water partition coefficient (Wildman–Crippen LogP) is 2.17. The third-order valence-electron chi connectivity index (χ3n) is 3.81. The lowest BCUT2D eigenvalue weighted by molar-refractivity contribution is -0.121. The van der Waals surface area contributed by atoms with Crippen molar-refractivity contribution in [1.82, 2.24) is 10.3 Å². The Morgan fingerprint density at radius 1 is 1.23 bits per heavy atom. The number of benzene rings is 1. The van der Waals surface area contributed by atoms with E-state index in [2.05, 4.69) is 10.3 Å². The zero-order valence-electron chi connectivity index (χ0n) is 12.1. The number of nitriles is 1. The first-order valence-electron chi connectivity index (χ1n) is 7.25. The van der Waals surface area contributed by atoms with Crippen molar-refractivity contribution in [3.63, 3.8) is 0 Å². The number of pyridine rings is 1. The number of carbonyl (C=O) groups excluding carboxylic acids is 1. The van der Waals surface area contributed by atoms with E-state index in [4.69, 9.17) is 0 Å². The second kappa shape index (κ2) is 6.37. The van der Waals surface area contributed by atoms with E-state index in [-0.39, 0.29) is 11.8 Å². The fourth-order valence-corrected chi connectivity index (χ4v) is 2.58. The third kappa shape index (κ3) is 2.83. The lowest BCUT2D eigenvalue weighted by Gasteiger charge is -2.16. The molecule has 5 heteroatoms. The van der Waals surface area contributed by atoms with Gasteiger partial charge in [-0.1, -0.05) is 30.3 Å². The molecule has 0 saturated carbocycles. The van der Waals surface area contributed by atoms with Crippen LogP contribution < -0.4 is 10.2 Å². The molecule has 0 radical (unpaired) electrons. The average molecular weight is 292 g/mol. The van der Waals surface area contributed by atoms with E-state index in [1.165, 1.54) is 0 Å². The molecule has 0 spiro atoms. The van der Waals surface area contributed by atoms with Crippen molar-refractivity contribution >= 4 is 11.7 Å². The number of nitrogens with one attached hydrogen (secondary N) is 1. The number of amides is 1. The van der Waals surface area contributed by atoms with Gasteiger partial charge in [0.1, 0.15) is 5.82 Å². The van der Waals surface area contributed by atoms with Gasteiger partial charge in [-0.05, 0) is 30.7 Å². The van der Waals surface area contributed by atoms with Crippen LogP contribution in [0.2, 0.25) is 0 Å². The maximum atomic E-state index is 12.4. The summed E-state index contributed by atoms with van der Waals surface area (Å²) < 4.78 is 0. The van der Waals surface area contributed by atoms with Gasteiger partial charge in [0.2, 0.25) is 5.91 Å². The zero-order valence-corrected chi connectivity index (χ0v) is 12.1. The third-order valence-corrected chi connectivity index (χ3v) is 3.81. The van der Waals surface area contributed by atoms with Crippen LogP contribution in [0.15, 0.2) is 48.7 Å². The Bertz CT molecular complexity index is 685. The number of aromatic nitrogens is 1. The van der Waals surface area contributed by atoms with E-state index in [1.54, 1.807) is 12.3 Å². The van der Waals surface area contributed by atoms with E-state index in [9.17, 15) is 10.1 Å². The number of carbonyl (C=O) groups is 1. The van der Waals surface area contributed by atoms with Gasteiger partial charge in [-0.15, -0.1) is 0 Å². The molecule has 110 valence electrons. The van der Waals surface area contributed by atoms with Crippen LogP contribution in [0.5, 0.6) is 0 Å². The Balaban J connectivity index is 1.82. The normalized spacial score (nSPS) is 17.0. The van der Waals surface area contributed by atoms with Crippen molar-refractivity contribution in [2.75, 3.05) is 18.0 Å². The quantitative estimate of drug-likeness (QED) is 0.695.